The maximum atomic E-state index is 10.3. The van der Waals surface area contributed by atoms with Crippen molar-refractivity contribution in [3.63, 3.8) is 0 Å². The molecule has 0 amide bonds. The number of aromatic carboxylic acids is 1. The zero-order chi connectivity index (χ0) is 7.56. The van der Waals surface area contributed by atoms with Crippen molar-refractivity contribution in [1.82, 2.24) is 0 Å². The molecule has 0 spiro atoms. The van der Waals surface area contributed by atoms with Crippen LogP contribution in [-0.4, -0.2) is 16.2 Å². The number of carboxylic acids is 1. The van der Waals surface area contributed by atoms with E-state index in [1.54, 1.807) is 12.1 Å². The minimum atomic E-state index is -1.11. The standard InChI is InChI=1S/C7H6O3.Na.H/c8-6-4-2-1-3-5(6)7(9)10;;/h1-4,8H,(H,9,10);;/q;+1;-1. The van der Waals surface area contributed by atoms with Gasteiger partial charge in [0.1, 0.15) is 11.3 Å². The van der Waals surface area contributed by atoms with Gasteiger partial charge in [-0.3, -0.25) is 0 Å². The predicted molar refractivity (Wildman–Crippen MR) is 36.2 cm³/mol. The SMILES string of the molecule is O=C(O)c1ccccc1O.[H-].[Na+]. The van der Waals surface area contributed by atoms with Crippen LogP contribution in [0.3, 0.4) is 0 Å². The van der Waals surface area contributed by atoms with Crippen molar-refractivity contribution in [2.75, 3.05) is 0 Å². The van der Waals surface area contributed by atoms with Gasteiger partial charge in [-0.25, -0.2) is 4.79 Å². The van der Waals surface area contributed by atoms with E-state index in [9.17, 15) is 4.79 Å². The van der Waals surface area contributed by atoms with Crippen molar-refractivity contribution in [3.05, 3.63) is 29.8 Å². The summed E-state index contributed by atoms with van der Waals surface area (Å²) in [6.07, 6.45) is 0. The van der Waals surface area contributed by atoms with Crippen LogP contribution in [0, 0.1) is 0 Å². The topological polar surface area (TPSA) is 57.5 Å². The summed E-state index contributed by atoms with van der Waals surface area (Å²) < 4.78 is 0. The molecule has 0 aliphatic heterocycles. The van der Waals surface area contributed by atoms with Crippen LogP contribution >= 0.6 is 0 Å². The van der Waals surface area contributed by atoms with E-state index in [2.05, 4.69) is 0 Å². The third-order valence-electron chi connectivity index (χ3n) is 1.13. The number of rotatable bonds is 1. The van der Waals surface area contributed by atoms with Gasteiger partial charge in [-0.2, -0.15) is 0 Å². The Labute approximate surface area is 87.4 Å². The summed E-state index contributed by atoms with van der Waals surface area (Å²) in [5.41, 5.74) is -0.0671. The fourth-order valence-corrected chi connectivity index (χ4v) is 0.654. The number of aromatic hydroxyl groups is 1. The van der Waals surface area contributed by atoms with E-state index >= 15 is 0 Å². The molecule has 0 saturated carbocycles. The van der Waals surface area contributed by atoms with Crippen LogP contribution in [0.5, 0.6) is 5.75 Å². The molecule has 0 aromatic heterocycles. The zero-order valence-electron chi connectivity index (χ0n) is 7.11. The molecular weight excluding hydrogens is 155 g/mol. The Morgan fingerprint density at radius 1 is 1.36 bits per heavy atom. The van der Waals surface area contributed by atoms with Gasteiger partial charge in [-0.15, -0.1) is 0 Å². The molecule has 54 valence electrons. The van der Waals surface area contributed by atoms with Crippen LogP contribution in [0.25, 0.3) is 0 Å². The smallest absolute Gasteiger partial charge is 1.00 e. The first-order valence-electron chi connectivity index (χ1n) is 2.73. The average Bonchev–Trinajstić information content (AvgIpc) is 1.88. The van der Waals surface area contributed by atoms with E-state index in [0.29, 0.717) is 0 Å². The van der Waals surface area contributed by atoms with Gasteiger partial charge in [0.05, 0.1) is 0 Å². The number of benzene rings is 1. The first-order chi connectivity index (χ1) is 4.72. The van der Waals surface area contributed by atoms with Crippen LogP contribution < -0.4 is 29.6 Å². The van der Waals surface area contributed by atoms with Gasteiger partial charge < -0.3 is 11.6 Å². The molecule has 0 aliphatic rings. The van der Waals surface area contributed by atoms with E-state index < -0.39 is 5.97 Å². The summed E-state index contributed by atoms with van der Waals surface area (Å²) in [4.78, 5) is 10.3. The van der Waals surface area contributed by atoms with Crippen LogP contribution in [0.1, 0.15) is 11.8 Å². The fourth-order valence-electron chi connectivity index (χ4n) is 0.654. The third kappa shape index (κ3) is 2.54. The van der Waals surface area contributed by atoms with Crippen LogP contribution in [0.2, 0.25) is 0 Å². The largest absolute Gasteiger partial charge is 1.00 e. The quantitative estimate of drug-likeness (QED) is 0.479. The molecule has 0 saturated heterocycles. The molecule has 0 bridgehead atoms. The second kappa shape index (κ2) is 4.38. The van der Waals surface area contributed by atoms with Crippen molar-refractivity contribution in [1.29, 1.82) is 0 Å². The summed E-state index contributed by atoms with van der Waals surface area (Å²) in [6.45, 7) is 0. The molecule has 1 aromatic carbocycles. The second-order valence-electron chi connectivity index (χ2n) is 1.82. The summed E-state index contributed by atoms with van der Waals surface area (Å²) in [5, 5.41) is 17.3. The van der Waals surface area contributed by atoms with Gasteiger partial charge in [0, 0.05) is 0 Å². The van der Waals surface area contributed by atoms with E-state index in [-0.39, 0.29) is 42.3 Å². The monoisotopic (exact) mass is 162 g/mol. The Morgan fingerprint density at radius 3 is 2.27 bits per heavy atom. The van der Waals surface area contributed by atoms with E-state index in [1.165, 1.54) is 12.1 Å². The number of hydrogen-bond acceptors (Lipinski definition) is 2. The zero-order valence-corrected chi connectivity index (χ0v) is 8.11. The van der Waals surface area contributed by atoms with Crippen molar-refractivity contribution in [3.8, 4) is 5.75 Å². The van der Waals surface area contributed by atoms with E-state index in [4.69, 9.17) is 10.2 Å². The van der Waals surface area contributed by atoms with Crippen molar-refractivity contribution >= 4 is 5.97 Å². The van der Waals surface area contributed by atoms with Gasteiger partial charge in [0.15, 0.2) is 0 Å². The van der Waals surface area contributed by atoms with Gasteiger partial charge >= 0.3 is 35.5 Å². The Balaban J connectivity index is 0. The molecule has 3 nitrogen and oxygen atoms in total. The van der Waals surface area contributed by atoms with Crippen molar-refractivity contribution in [2.24, 2.45) is 0 Å². The minimum Gasteiger partial charge on any atom is -1.00 e. The van der Waals surface area contributed by atoms with Gasteiger partial charge in [0.2, 0.25) is 0 Å². The number of phenols is 1. The molecule has 1 rings (SSSR count). The van der Waals surface area contributed by atoms with Gasteiger partial charge in [0.25, 0.3) is 0 Å². The summed E-state index contributed by atoms with van der Waals surface area (Å²) in [7, 11) is 0. The van der Waals surface area contributed by atoms with Crippen molar-refractivity contribution < 1.29 is 46.0 Å². The molecular formula is C7H7NaO3. The van der Waals surface area contributed by atoms with E-state index in [0.717, 1.165) is 0 Å². The molecule has 2 N–H and O–H groups in total. The summed E-state index contributed by atoms with van der Waals surface area (Å²) in [5.74, 6) is -1.31. The second-order valence-corrected chi connectivity index (χ2v) is 1.82. The number of carbonyl (C=O) groups is 1. The molecule has 0 heterocycles. The minimum absolute atomic E-state index is 0. The van der Waals surface area contributed by atoms with Gasteiger partial charge in [-0.05, 0) is 12.1 Å². The number of hydrogen-bond donors (Lipinski definition) is 2. The summed E-state index contributed by atoms with van der Waals surface area (Å²) >= 11 is 0. The van der Waals surface area contributed by atoms with Gasteiger partial charge in [-0.1, -0.05) is 12.1 Å². The third-order valence-corrected chi connectivity index (χ3v) is 1.13. The Kier molecular flexibility index (Phi) is 4.18. The average molecular weight is 162 g/mol. The first kappa shape index (κ1) is 10.5. The van der Waals surface area contributed by atoms with Crippen LogP contribution in [0.15, 0.2) is 24.3 Å². The molecule has 0 atom stereocenters. The maximum Gasteiger partial charge on any atom is 1.00 e. The fraction of sp³-hybridized carbons (Fsp3) is 0. The molecule has 4 heteroatoms. The molecule has 0 radical (unpaired) electrons. The van der Waals surface area contributed by atoms with Crippen LogP contribution in [0.4, 0.5) is 0 Å². The maximum absolute atomic E-state index is 10.3. The van der Waals surface area contributed by atoms with Crippen molar-refractivity contribution in [2.45, 2.75) is 0 Å². The molecule has 11 heavy (non-hydrogen) atoms. The first-order valence-corrected chi connectivity index (χ1v) is 2.73. The normalized spacial score (nSPS) is 8.36. The number of carboxylic acid groups (broad SMARTS) is 1. The predicted octanol–water partition coefficient (Wildman–Crippen LogP) is -1.79. The molecule has 0 aliphatic carbocycles. The molecule has 1 aromatic rings. The Hall–Kier alpha value is -0.510. The Bertz CT molecular complexity index is 265. The molecule has 0 fully saturated rings. The summed E-state index contributed by atoms with van der Waals surface area (Å²) in [6, 6.07) is 5.81. The Morgan fingerprint density at radius 2 is 1.91 bits per heavy atom. The number of para-hydroxylation sites is 1. The molecule has 0 unspecified atom stereocenters. The van der Waals surface area contributed by atoms with Crippen LogP contribution in [-0.2, 0) is 0 Å². The van der Waals surface area contributed by atoms with E-state index in [1.807, 2.05) is 0 Å².